The summed E-state index contributed by atoms with van der Waals surface area (Å²) >= 11 is 1.94. The van der Waals surface area contributed by atoms with E-state index in [9.17, 15) is 9.59 Å². The molecule has 1 aliphatic heterocycles. The Morgan fingerprint density at radius 1 is 1.17 bits per heavy atom. The Kier molecular flexibility index (Phi) is 4.75. The number of anilines is 1. The standard InChI is InChI=1S/C23H20N4O2S/c1-27-22(29)12-18(14-6-8-24-9-7-14)26-23(27)25-13-19(28)15-2-4-16(5-3-15)20-10-17-11-21(17)30-20/h2-10,12,17,21H,11,13H2,1H3,(H,25,26). The van der Waals surface area contributed by atoms with E-state index in [2.05, 4.69) is 21.4 Å². The van der Waals surface area contributed by atoms with Crippen LogP contribution in [0.3, 0.4) is 0 Å². The highest BCUT2D eigenvalue weighted by Crippen LogP contribution is 2.55. The zero-order valence-corrected chi connectivity index (χ0v) is 17.2. The number of aromatic nitrogens is 3. The van der Waals surface area contributed by atoms with Crippen molar-refractivity contribution >= 4 is 28.4 Å². The minimum atomic E-state index is -0.198. The molecular weight excluding hydrogens is 396 g/mol. The number of hydrogen-bond donors (Lipinski definition) is 1. The lowest BCUT2D eigenvalue weighted by molar-refractivity contribution is 0.101. The lowest BCUT2D eigenvalue weighted by Gasteiger charge is -2.11. The monoisotopic (exact) mass is 416 g/mol. The summed E-state index contributed by atoms with van der Waals surface area (Å²) in [6.45, 7) is 0.0566. The molecule has 6 nitrogen and oxygen atoms in total. The Morgan fingerprint density at radius 3 is 2.63 bits per heavy atom. The number of carbonyl (C=O) groups is 1. The summed E-state index contributed by atoms with van der Waals surface area (Å²) in [4.78, 5) is 34.8. The molecule has 2 unspecified atom stereocenters. The molecule has 1 aromatic carbocycles. The highest BCUT2D eigenvalue weighted by Gasteiger charge is 2.41. The number of benzene rings is 1. The number of rotatable bonds is 6. The third-order valence-corrected chi connectivity index (χ3v) is 6.90. The molecule has 0 bridgehead atoms. The molecule has 150 valence electrons. The number of fused-ring (bicyclic) bond motifs is 1. The maximum Gasteiger partial charge on any atom is 0.255 e. The van der Waals surface area contributed by atoms with Crippen LogP contribution in [0.15, 0.2) is 65.7 Å². The van der Waals surface area contributed by atoms with Crippen LogP contribution in [0.5, 0.6) is 0 Å². The summed E-state index contributed by atoms with van der Waals surface area (Å²) in [5.74, 6) is 1.05. The van der Waals surface area contributed by atoms with E-state index in [1.54, 1.807) is 31.6 Å². The smallest absolute Gasteiger partial charge is 0.255 e. The Morgan fingerprint density at radius 2 is 1.93 bits per heavy atom. The normalized spacial score (nSPS) is 19.2. The third kappa shape index (κ3) is 3.68. The fourth-order valence-electron chi connectivity index (χ4n) is 3.51. The number of thioether (sulfide) groups is 1. The first-order chi connectivity index (χ1) is 14.6. The molecule has 0 saturated heterocycles. The molecule has 2 aliphatic rings. The molecule has 0 spiro atoms. The summed E-state index contributed by atoms with van der Waals surface area (Å²) in [6.07, 6.45) is 6.95. The number of carbonyl (C=O) groups excluding carboxylic acids is 1. The first-order valence-electron chi connectivity index (χ1n) is 9.83. The number of allylic oxidation sites excluding steroid dienone is 1. The second-order valence-corrected chi connectivity index (χ2v) is 8.82. The summed E-state index contributed by atoms with van der Waals surface area (Å²) in [5.41, 5.74) is 2.95. The van der Waals surface area contributed by atoms with Gasteiger partial charge < -0.3 is 5.32 Å². The van der Waals surface area contributed by atoms with Crippen molar-refractivity contribution in [1.82, 2.24) is 14.5 Å². The topological polar surface area (TPSA) is 76.9 Å². The van der Waals surface area contributed by atoms with Crippen LogP contribution in [-0.2, 0) is 7.05 Å². The molecule has 2 atom stereocenters. The largest absolute Gasteiger partial charge is 0.348 e. The molecule has 5 rings (SSSR count). The molecule has 30 heavy (non-hydrogen) atoms. The SMILES string of the molecule is Cn1c(NCC(=O)c2ccc(C3=CC4CC4S3)cc2)nc(-c2ccncc2)cc1=O. The van der Waals surface area contributed by atoms with Crippen LogP contribution in [0, 0.1) is 5.92 Å². The molecule has 0 amide bonds. The van der Waals surface area contributed by atoms with E-state index in [4.69, 9.17) is 0 Å². The summed E-state index contributed by atoms with van der Waals surface area (Å²) < 4.78 is 1.40. The molecular formula is C23H20N4O2S. The van der Waals surface area contributed by atoms with Gasteiger partial charge in [0, 0.05) is 46.8 Å². The Bertz CT molecular complexity index is 1200. The second-order valence-electron chi connectivity index (χ2n) is 7.54. The Labute approximate surface area is 178 Å². The van der Waals surface area contributed by atoms with Crippen molar-refractivity contribution in [3.63, 3.8) is 0 Å². The zero-order valence-electron chi connectivity index (χ0n) is 16.4. The van der Waals surface area contributed by atoms with Gasteiger partial charge in [-0.1, -0.05) is 30.3 Å². The van der Waals surface area contributed by atoms with Gasteiger partial charge in [-0.25, -0.2) is 4.98 Å². The number of Topliss-reactive ketones (excluding diaryl/α,β-unsaturated/α-hetero) is 1. The van der Waals surface area contributed by atoms with E-state index in [1.807, 2.05) is 36.0 Å². The van der Waals surface area contributed by atoms with Crippen molar-refractivity contribution in [1.29, 1.82) is 0 Å². The minimum absolute atomic E-state index is 0.0546. The number of ketones is 1. The molecule has 3 heterocycles. The van der Waals surface area contributed by atoms with Crippen molar-refractivity contribution < 1.29 is 4.79 Å². The molecule has 1 fully saturated rings. The van der Waals surface area contributed by atoms with E-state index in [1.165, 1.54) is 27.5 Å². The predicted octanol–water partition coefficient (Wildman–Crippen LogP) is 3.61. The van der Waals surface area contributed by atoms with Gasteiger partial charge in [-0.2, -0.15) is 0 Å². The van der Waals surface area contributed by atoms with Crippen molar-refractivity contribution in [3.8, 4) is 11.3 Å². The van der Waals surface area contributed by atoms with Gasteiger partial charge in [0.2, 0.25) is 5.95 Å². The molecule has 2 aromatic heterocycles. The lowest BCUT2D eigenvalue weighted by Crippen LogP contribution is -2.24. The fourth-order valence-corrected chi connectivity index (χ4v) is 4.94. The van der Waals surface area contributed by atoms with Crippen molar-refractivity contribution in [3.05, 3.63) is 82.4 Å². The zero-order chi connectivity index (χ0) is 20.7. The van der Waals surface area contributed by atoms with Crippen LogP contribution in [0.1, 0.15) is 22.3 Å². The average Bonchev–Trinajstić information content (AvgIpc) is 3.40. The van der Waals surface area contributed by atoms with Crippen LogP contribution in [0.4, 0.5) is 5.95 Å². The van der Waals surface area contributed by atoms with E-state index >= 15 is 0 Å². The van der Waals surface area contributed by atoms with Crippen LogP contribution >= 0.6 is 11.8 Å². The molecule has 7 heteroatoms. The summed E-state index contributed by atoms with van der Waals surface area (Å²) in [7, 11) is 1.63. The van der Waals surface area contributed by atoms with Crippen molar-refractivity contribution in [2.75, 3.05) is 11.9 Å². The number of pyridine rings is 1. The highest BCUT2D eigenvalue weighted by molar-refractivity contribution is 8.09. The van der Waals surface area contributed by atoms with E-state index < -0.39 is 0 Å². The van der Waals surface area contributed by atoms with Crippen LogP contribution in [0.2, 0.25) is 0 Å². The maximum absolute atomic E-state index is 12.7. The van der Waals surface area contributed by atoms with Crippen molar-refractivity contribution in [2.24, 2.45) is 13.0 Å². The fraction of sp³-hybridized carbons (Fsp3) is 0.217. The van der Waals surface area contributed by atoms with Gasteiger partial charge in [-0.05, 0) is 30.0 Å². The summed E-state index contributed by atoms with van der Waals surface area (Å²) in [5, 5.41) is 3.79. The Balaban J connectivity index is 1.30. The quantitative estimate of drug-likeness (QED) is 0.619. The molecule has 1 aliphatic carbocycles. The highest BCUT2D eigenvalue weighted by atomic mass is 32.2. The van der Waals surface area contributed by atoms with E-state index in [0.29, 0.717) is 17.2 Å². The van der Waals surface area contributed by atoms with Crippen molar-refractivity contribution in [2.45, 2.75) is 11.7 Å². The van der Waals surface area contributed by atoms with Gasteiger partial charge in [-0.15, -0.1) is 11.8 Å². The minimum Gasteiger partial charge on any atom is -0.348 e. The van der Waals surface area contributed by atoms with Gasteiger partial charge in [0.25, 0.3) is 5.56 Å². The molecule has 1 N–H and O–H groups in total. The Hall–Kier alpha value is -3.19. The first kappa shape index (κ1) is 18.8. The van der Waals surface area contributed by atoms with Crippen LogP contribution in [-0.4, -0.2) is 32.1 Å². The number of nitrogens with zero attached hydrogens (tertiary/aromatic N) is 3. The second kappa shape index (κ2) is 7.57. The van der Waals surface area contributed by atoms with Crippen LogP contribution in [0.25, 0.3) is 16.2 Å². The van der Waals surface area contributed by atoms with Gasteiger partial charge in [-0.3, -0.25) is 19.1 Å². The lowest BCUT2D eigenvalue weighted by atomic mass is 10.1. The van der Waals surface area contributed by atoms with Gasteiger partial charge in [0.05, 0.1) is 12.2 Å². The number of nitrogens with one attached hydrogen (secondary N) is 1. The van der Waals surface area contributed by atoms with E-state index in [-0.39, 0.29) is 17.9 Å². The molecule has 1 saturated carbocycles. The maximum atomic E-state index is 12.7. The third-order valence-electron chi connectivity index (χ3n) is 5.43. The summed E-state index contributed by atoms with van der Waals surface area (Å²) in [6, 6.07) is 12.8. The predicted molar refractivity (Wildman–Crippen MR) is 119 cm³/mol. The van der Waals surface area contributed by atoms with Gasteiger partial charge in [0.15, 0.2) is 5.78 Å². The first-order valence-corrected chi connectivity index (χ1v) is 10.7. The van der Waals surface area contributed by atoms with Gasteiger partial charge >= 0.3 is 0 Å². The van der Waals surface area contributed by atoms with Crippen LogP contribution < -0.4 is 10.9 Å². The van der Waals surface area contributed by atoms with Gasteiger partial charge in [0.1, 0.15) is 0 Å². The van der Waals surface area contributed by atoms with E-state index in [0.717, 1.165) is 16.7 Å². The molecule has 0 radical (unpaired) electrons. The number of hydrogen-bond acceptors (Lipinski definition) is 6. The molecule has 3 aromatic rings. The average molecular weight is 417 g/mol.